The van der Waals surface area contributed by atoms with E-state index in [0.29, 0.717) is 23.2 Å². The van der Waals surface area contributed by atoms with Gasteiger partial charge in [-0.3, -0.25) is 0 Å². The molecule has 0 aromatic carbocycles. The summed E-state index contributed by atoms with van der Waals surface area (Å²) in [6.07, 6.45) is 5.71. The van der Waals surface area contributed by atoms with Gasteiger partial charge in [-0.25, -0.2) is 19.3 Å². The molecule has 8 nitrogen and oxygen atoms in total. The lowest BCUT2D eigenvalue weighted by atomic mass is 10.1. The Balaban J connectivity index is 1.96. The quantitative estimate of drug-likeness (QED) is 0.773. The first-order valence-corrected chi connectivity index (χ1v) is 7.37. The zero-order valence-corrected chi connectivity index (χ0v) is 12.9. The van der Waals surface area contributed by atoms with E-state index in [2.05, 4.69) is 41.1 Å². The highest BCUT2D eigenvalue weighted by Gasteiger charge is 2.28. The average molecular weight is 298 g/mol. The van der Waals surface area contributed by atoms with Gasteiger partial charge in [0.05, 0.1) is 23.2 Å². The van der Waals surface area contributed by atoms with Crippen molar-refractivity contribution >= 4 is 16.9 Å². The van der Waals surface area contributed by atoms with Crippen molar-refractivity contribution in [3.05, 3.63) is 12.5 Å². The molecular weight excluding hydrogens is 280 g/mol. The molecule has 3 aromatic rings. The number of nitrogens with two attached hydrogens (primary N) is 1. The molecule has 3 aromatic heterocycles. The van der Waals surface area contributed by atoms with Gasteiger partial charge in [-0.15, -0.1) is 5.10 Å². The van der Waals surface area contributed by atoms with E-state index in [0.717, 1.165) is 23.9 Å². The normalized spacial score (nSPS) is 15.6. The van der Waals surface area contributed by atoms with Crippen LogP contribution in [0, 0.1) is 0 Å². The molecule has 1 fully saturated rings. The Kier molecular flexibility index (Phi) is 2.54. The minimum absolute atomic E-state index is 0.218. The molecule has 22 heavy (non-hydrogen) atoms. The van der Waals surface area contributed by atoms with Crippen LogP contribution < -0.4 is 5.73 Å². The van der Waals surface area contributed by atoms with Crippen LogP contribution in [0.15, 0.2) is 12.5 Å². The Labute approximate surface area is 127 Å². The molecule has 1 saturated carbocycles. The number of nitrogens with zero attached hydrogens (tertiary/aromatic N) is 7. The summed E-state index contributed by atoms with van der Waals surface area (Å²) in [7, 11) is 0. The largest absolute Gasteiger partial charge is 0.383 e. The Morgan fingerprint density at radius 1 is 1.23 bits per heavy atom. The van der Waals surface area contributed by atoms with Gasteiger partial charge in [-0.05, 0) is 33.6 Å². The van der Waals surface area contributed by atoms with Gasteiger partial charge in [-0.2, -0.15) is 5.10 Å². The number of nitrogen functional groups attached to an aromatic ring is 1. The first-order valence-electron chi connectivity index (χ1n) is 7.37. The lowest BCUT2D eigenvalue weighted by Gasteiger charge is -2.19. The third-order valence-electron chi connectivity index (χ3n) is 3.80. The van der Waals surface area contributed by atoms with Crippen molar-refractivity contribution in [1.82, 2.24) is 34.7 Å². The number of aromatic nitrogens is 7. The maximum Gasteiger partial charge on any atom is 0.164 e. The molecule has 0 unspecified atom stereocenters. The van der Waals surface area contributed by atoms with Crippen LogP contribution in [0.3, 0.4) is 0 Å². The van der Waals surface area contributed by atoms with Crippen LogP contribution in [-0.2, 0) is 5.54 Å². The molecule has 0 saturated heterocycles. The SMILES string of the molecule is CC(C)(C)n1nc(-c2cn(C3CC3)nn2)c2c(N)ncnc21. The lowest BCUT2D eigenvalue weighted by molar-refractivity contribution is 0.366. The van der Waals surface area contributed by atoms with Crippen molar-refractivity contribution in [3.63, 3.8) is 0 Å². The van der Waals surface area contributed by atoms with Gasteiger partial charge in [0.25, 0.3) is 0 Å². The van der Waals surface area contributed by atoms with Crippen molar-refractivity contribution in [2.24, 2.45) is 0 Å². The van der Waals surface area contributed by atoms with Crippen LogP contribution in [0.5, 0.6) is 0 Å². The third kappa shape index (κ3) is 1.94. The van der Waals surface area contributed by atoms with Crippen LogP contribution in [0.4, 0.5) is 5.82 Å². The zero-order chi connectivity index (χ0) is 15.5. The fourth-order valence-electron chi connectivity index (χ4n) is 2.52. The lowest BCUT2D eigenvalue weighted by Crippen LogP contribution is -2.23. The molecule has 8 heteroatoms. The van der Waals surface area contributed by atoms with Crippen LogP contribution in [0.25, 0.3) is 22.4 Å². The molecule has 114 valence electrons. The van der Waals surface area contributed by atoms with E-state index in [1.165, 1.54) is 6.33 Å². The van der Waals surface area contributed by atoms with Crippen molar-refractivity contribution in [1.29, 1.82) is 0 Å². The van der Waals surface area contributed by atoms with Crippen molar-refractivity contribution < 1.29 is 0 Å². The third-order valence-corrected chi connectivity index (χ3v) is 3.80. The summed E-state index contributed by atoms with van der Waals surface area (Å²) >= 11 is 0. The highest BCUT2D eigenvalue weighted by Crippen LogP contribution is 2.36. The fourth-order valence-corrected chi connectivity index (χ4v) is 2.52. The monoisotopic (exact) mass is 298 g/mol. The zero-order valence-electron chi connectivity index (χ0n) is 12.9. The molecule has 0 spiro atoms. The van der Waals surface area contributed by atoms with E-state index in [1.807, 2.05) is 15.6 Å². The molecule has 0 amide bonds. The molecule has 1 aliphatic carbocycles. The second-order valence-electron chi connectivity index (χ2n) is 6.70. The molecule has 2 N–H and O–H groups in total. The predicted octanol–water partition coefficient (Wildman–Crippen LogP) is 1.76. The predicted molar refractivity (Wildman–Crippen MR) is 82.0 cm³/mol. The van der Waals surface area contributed by atoms with Crippen LogP contribution in [-0.4, -0.2) is 34.7 Å². The molecule has 1 aliphatic rings. The summed E-state index contributed by atoms with van der Waals surface area (Å²) in [5, 5.41) is 13.9. The number of anilines is 1. The summed E-state index contributed by atoms with van der Waals surface area (Å²) in [5.74, 6) is 0.413. The van der Waals surface area contributed by atoms with E-state index in [-0.39, 0.29) is 5.54 Å². The summed E-state index contributed by atoms with van der Waals surface area (Å²) in [4.78, 5) is 8.46. The van der Waals surface area contributed by atoms with Gasteiger partial charge in [-0.1, -0.05) is 5.21 Å². The van der Waals surface area contributed by atoms with E-state index in [9.17, 15) is 0 Å². The van der Waals surface area contributed by atoms with E-state index >= 15 is 0 Å². The molecule has 4 rings (SSSR count). The topological polar surface area (TPSA) is 100 Å². The van der Waals surface area contributed by atoms with Crippen molar-refractivity contribution in [2.75, 3.05) is 5.73 Å². The van der Waals surface area contributed by atoms with Crippen molar-refractivity contribution in [3.8, 4) is 11.4 Å². The number of rotatable bonds is 2. The van der Waals surface area contributed by atoms with Gasteiger partial charge in [0.15, 0.2) is 5.65 Å². The van der Waals surface area contributed by atoms with E-state index in [1.54, 1.807) is 0 Å². The Morgan fingerprint density at radius 2 is 2.00 bits per heavy atom. The van der Waals surface area contributed by atoms with Gasteiger partial charge >= 0.3 is 0 Å². The number of fused-ring (bicyclic) bond motifs is 1. The number of hydrogen-bond acceptors (Lipinski definition) is 6. The van der Waals surface area contributed by atoms with Crippen LogP contribution >= 0.6 is 0 Å². The Hall–Kier alpha value is -2.51. The summed E-state index contributed by atoms with van der Waals surface area (Å²) in [6, 6.07) is 0.478. The molecular formula is C14H18N8. The van der Waals surface area contributed by atoms with Gasteiger partial charge in [0.2, 0.25) is 0 Å². The minimum Gasteiger partial charge on any atom is -0.383 e. The first kappa shape index (κ1) is 13.2. The molecule has 3 heterocycles. The Bertz CT molecular complexity index is 849. The van der Waals surface area contributed by atoms with Gasteiger partial charge in [0, 0.05) is 0 Å². The highest BCUT2D eigenvalue weighted by atomic mass is 15.4. The average Bonchev–Trinajstić information content (AvgIpc) is 3.03. The van der Waals surface area contributed by atoms with Gasteiger partial charge < -0.3 is 5.73 Å². The van der Waals surface area contributed by atoms with Crippen LogP contribution in [0.2, 0.25) is 0 Å². The summed E-state index contributed by atoms with van der Waals surface area (Å²) in [6.45, 7) is 6.22. The maximum absolute atomic E-state index is 6.07. The van der Waals surface area contributed by atoms with Crippen LogP contribution in [0.1, 0.15) is 39.7 Å². The second-order valence-corrected chi connectivity index (χ2v) is 6.70. The highest BCUT2D eigenvalue weighted by molar-refractivity contribution is 5.97. The molecule has 0 aliphatic heterocycles. The number of hydrogen-bond donors (Lipinski definition) is 1. The molecule has 0 radical (unpaired) electrons. The first-order chi connectivity index (χ1) is 10.4. The van der Waals surface area contributed by atoms with E-state index in [4.69, 9.17) is 10.8 Å². The molecule has 0 atom stereocenters. The molecule has 0 bridgehead atoms. The fraction of sp³-hybridized carbons (Fsp3) is 0.500. The Morgan fingerprint density at radius 3 is 2.68 bits per heavy atom. The summed E-state index contributed by atoms with van der Waals surface area (Å²) < 4.78 is 3.77. The second kappa shape index (κ2) is 4.25. The standard InChI is InChI=1S/C14H18N8/c1-14(2,3)22-13-10(12(15)16-7-17-13)11(19-22)9-6-21(20-18-9)8-4-5-8/h6-8H,4-5H2,1-3H3,(H2,15,16,17). The van der Waals surface area contributed by atoms with Gasteiger partial charge in [0.1, 0.15) is 23.5 Å². The maximum atomic E-state index is 6.07. The van der Waals surface area contributed by atoms with Crippen molar-refractivity contribution in [2.45, 2.75) is 45.2 Å². The minimum atomic E-state index is -0.218. The smallest absolute Gasteiger partial charge is 0.164 e. The summed E-state index contributed by atoms with van der Waals surface area (Å²) in [5.41, 5.74) is 7.97. The van der Waals surface area contributed by atoms with E-state index < -0.39 is 0 Å².